The molecule has 2 bridgehead atoms. The van der Waals surface area contributed by atoms with Crippen molar-refractivity contribution < 1.29 is 0 Å². The van der Waals surface area contributed by atoms with Crippen LogP contribution < -0.4 is 0 Å². The molecule has 2 saturated heterocycles. The maximum Gasteiger partial charge on any atom is 0.0595 e. The average Bonchev–Trinajstić information content (AvgIpc) is 2.58. The van der Waals surface area contributed by atoms with Crippen molar-refractivity contribution in [1.29, 1.82) is 0 Å². The van der Waals surface area contributed by atoms with E-state index in [1.54, 1.807) is 0 Å². The summed E-state index contributed by atoms with van der Waals surface area (Å²) in [6, 6.07) is 7.24. The van der Waals surface area contributed by atoms with E-state index in [0.717, 1.165) is 19.4 Å². The molecule has 0 aromatic heterocycles. The highest BCUT2D eigenvalue weighted by atomic mass is 35.5. The summed E-state index contributed by atoms with van der Waals surface area (Å²) in [7, 11) is 0. The Hall–Kier alpha value is 0.0500. The Balaban J connectivity index is 1.75. The van der Waals surface area contributed by atoms with Gasteiger partial charge in [0.15, 0.2) is 0 Å². The standard InChI is InChI=1S/C14H16Cl3N/c15-10-6-11-2-3-12(7-10)18(11)8-9-1-4-13(16)14(17)5-9/h1,4-5,10-12H,2-3,6-8H2. The van der Waals surface area contributed by atoms with E-state index in [0.29, 0.717) is 27.5 Å². The molecule has 3 rings (SSSR count). The molecule has 0 amide bonds. The smallest absolute Gasteiger partial charge is 0.0595 e. The number of rotatable bonds is 2. The van der Waals surface area contributed by atoms with E-state index in [4.69, 9.17) is 34.8 Å². The summed E-state index contributed by atoms with van der Waals surface area (Å²) in [6.07, 6.45) is 4.82. The lowest BCUT2D eigenvalue weighted by atomic mass is 10.0. The lowest BCUT2D eigenvalue weighted by Crippen LogP contribution is -2.42. The number of piperidine rings is 1. The van der Waals surface area contributed by atoms with Crippen LogP contribution in [0.3, 0.4) is 0 Å². The fourth-order valence-corrected chi connectivity index (χ4v) is 4.05. The van der Waals surface area contributed by atoms with Crippen molar-refractivity contribution in [2.45, 2.75) is 49.7 Å². The number of fused-ring (bicyclic) bond motifs is 2. The van der Waals surface area contributed by atoms with E-state index in [-0.39, 0.29) is 0 Å². The Morgan fingerprint density at radius 1 is 1.06 bits per heavy atom. The van der Waals surface area contributed by atoms with E-state index in [2.05, 4.69) is 11.0 Å². The highest BCUT2D eigenvalue weighted by molar-refractivity contribution is 6.42. The molecule has 2 fully saturated rings. The normalized spacial score (nSPS) is 31.8. The minimum atomic E-state index is 0.368. The summed E-state index contributed by atoms with van der Waals surface area (Å²) in [5.74, 6) is 0. The lowest BCUT2D eigenvalue weighted by molar-refractivity contribution is 0.134. The summed E-state index contributed by atoms with van der Waals surface area (Å²) in [4.78, 5) is 2.60. The third-order valence-electron chi connectivity index (χ3n) is 4.18. The van der Waals surface area contributed by atoms with Gasteiger partial charge < -0.3 is 0 Å². The van der Waals surface area contributed by atoms with Gasteiger partial charge in [-0.05, 0) is 43.4 Å². The molecule has 2 atom stereocenters. The Labute approximate surface area is 123 Å². The van der Waals surface area contributed by atoms with Gasteiger partial charge in [-0.25, -0.2) is 0 Å². The molecule has 98 valence electrons. The molecule has 1 nitrogen and oxygen atoms in total. The zero-order chi connectivity index (χ0) is 12.7. The van der Waals surface area contributed by atoms with Crippen LogP contribution in [0.1, 0.15) is 31.2 Å². The van der Waals surface area contributed by atoms with Gasteiger partial charge in [0.1, 0.15) is 0 Å². The molecule has 0 N–H and O–H groups in total. The van der Waals surface area contributed by atoms with Gasteiger partial charge >= 0.3 is 0 Å². The SMILES string of the molecule is Clc1ccc(CN2C3CCC2CC(Cl)C3)cc1Cl. The first-order valence-corrected chi connectivity index (χ1v) is 7.66. The zero-order valence-corrected chi connectivity index (χ0v) is 12.3. The first-order chi connectivity index (χ1) is 8.63. The van der Waals surface area contributed by atoms with Crippen LogP contribution in [-0.2, 0) is 6.54 Å². The maximum atomic E-state index is 6.30. The number of nitrogens with zero attached hydrogens (tertiary/aromatic N) is 1. The second kappa shape index (κ2) is 5.20. The van der Waals surface area contributed by atoms with Crippen LogP contribution in [-0.4, -0.2) is 22.4 Å². The van der Waals surface area contributed by atoms with Crippen molar-refractivity contribution in [1.82, 2.24) is 4.90 Å². The minimum Gasteiger partial charge on any atom is -0.293 e. The molecule has 18 heavy (non-hydrogen) atoms. The molecule has 0 radical (unpaired) electrons. The van der Waals surface area contributed by atoms with Crippen LogP contribution in [0.4, 0.5) is 0 Å². The summed E-state index contributed by atoms with van der Waals surface area (Å²) in [6.45, 7) is 0.968. The third kappa shape index (κ3) is 2.51. The topological polar surface area (TPSA) is 3.24 Å². The molecule has 0 aliphatic carbocycles. The van der Waals surface area contributed by atoms with Gasteiger partial charge in [-0.3, -0.25) is 4.90 Å². The van der Waals surface area contributed by atoms with Crippen LogP contribution >= 0.6 is 34.8 Å². The molecule has 0 saturated carbocycles. The van der Waals surface area contributed by atoms with Crippen LogP contribution in [0.15, 0.2) is 18.2 Å². The second-order valence-electron chi connectivity index (χ2n) is 5.37. The molecule has 2 aliphatic rings. The first kappa shape index (κ1) is 13.1. The van der Waals surface area contributed by atoms with Gasteiger partial charge in [0.25, 0.3) is 0 Å². The molecular weight excluding hydrogens is 289 g/mol. The molecule has 2 unspecified atom stereocenters. The molecular formula is C14H16Cl3N. The van der Waals surface area contributed by atoms with E-state index >= 15 is 0 Å². The van der Waals surface area contributed by atoms with Gasteiger partial charge in [-0.1, -0.05) is 29.3 Å². The van der Waals surface area contributed by atoms with Crippen molar-refractivity contribution in [3.05, 3.63) is 33.8 Å². The predicted octanol–water partition coefficient (Wildman–Crippen LogP) is 4.73. The summed E-state index contributed by atoms with van der Waals surface area (Å²) in [5.41, 5.74) is 1.24. The quantitative estimate of drug-likeness (QED) is 0.714. The predicted molar refractivity (Wildman–Crippen MR) is 77.7 cm³/mol. The van der Waals surface area contributed by atoms with E-state index < -0.39 is 0 Å². The molecule has 4 heteroatoms. The van der Waals surface area contributed by atoms with Gasteiger partial charge in [0.05, 0.1) is 10.0 Å². The van der Waals surface area contributed by atoms with Crippen molar-refractivity contribution in [3.63, 3.8) is 0 Å². The number of hydrogen-bond acceptors (Lipinski definition) is 1. The van der Waals surface area contributed by atoms with E-state index in [1.165, 1.54) is 18.4 Å². The minimum absolute atomic E-state index is 0.368. The fraction of sp³-hybridized carbons (Fsp3) is 0.571. The number of hydrogen-bond donors (Lipinski definition) is 0. The first-order valence-electron chi connectivity index (χ1n) is 6.47. The van der Waals surface area contributed by atoms with Gasteiger partial charge in [0, 0.05) is 24.0 Å². The summed E-state index contributed by atoms with van der Waals surface area (Å²) in [5, 5.41) is 1.64. The molecule has 0 spiro atoms. The van der Waals surface area contributed by atoms with Gasteiger partial charge in [-0.15, -0.1) is 11.6 Å². The Morgan fingerprint density at radius 2 is 1.72 bits per heavy atom. The second-order valence-corrected chi connectivity index (χ2v) is 6.81. The Bertz CT molecular complexity index is 435. The molecule has 1 aromatic carbocycles. The highest BCUT2D eigenvalue weighted by Gasteiger charge is 2.39. The third-order valence-corrected chi connectivity index (χ3v) is 5.27. The molecule has 2 aliphatic heterocycles. The lowest BCUT2D eigenvalue weighted by Gasteiger charge is -2.37. The van der Waals surface area contributed by atoms with Crippen molar-refractivity contribution in [3.8, 4) is 0 Å². The van der Waals surface area contributed by atoms with Gasteiger partial charge in [0.2, 0.25) is 0 Å². The number of benzene rings is 1. The van der Waals surface area contributed by atoms with Gasteiger partial charge in [-0.2, -0.15) is 0 Å². The highest BCUT2D eigenvalue weighted by Crippen LogP contribution is 2.39. The fourth-order valence-electron chi connectivity index (χ4n) is 3.31. The molecule has 1 aromatic rings. The Kier molecular flexibility index (Phi) is 3.77. The zero-order valence-electron chi connectivity index (χ0n) is 10.1. The van der Waals surface area contributed by atoms with Crippen LogP contribution in [0, 0.1) is 0 Å². The monoisotopic (exact) mass is 303 g/mol. The largest absolute Gasteiger partial charge is 0.293 e. The van der Waals surface area contributed by atoms with Crippen LogP contribution in [0.25, 0.3) is 0 Å². The number of alkyl halides is 1. The van der Waals surface area contributed by atoms with E-state index in [1.807, 2.05) is 12.1 Å². The molecule has 2 heterocycles. The summed E-state index contributed by atoms with van der Waals surface area (Å²) >= 11 is 18.3. The van der Waals surface area contributed by atoms with E-state index in [9.17, 15) is 0 Å². The van der Waals surface area contributed by atoms with Crippen LogP contribution in [0.5, 0.6) is 0 Å². The summed E-state index contributed by atoms with van der Waals surface area (Å²) < 4.78 is 0. The van der Waals surface area contributed by atoms with Crippen LogP contribution in [0.2, 0.25) is 10.0 Å². The maximum absolute atomic E-state index is 6.30. The van der Waals surface area contributed by atoms with Crippen molar-refractivity contribution in [2.24, 2.45) is 0 Å². The number of halogens is 3. The Morgan fingerprint density at radius 3 is 2.33 bits per heavy atom. The van der Waals surface area contributed by atoms with Crippen molar-refractivity contribution >= 4 is 34.8 Å². The van der Waals surface area contributed by atoms with Crippen molar-refractivity contribution in [2.75, 3.05) is 0 Å². The average molecular weight is 305 g/mol.